The highest BCUT2D eigenvalue weighted by Gasteiger charge is 2.15. The van der Waals surface area contributed by atoms with Crippen molar-refractivity contribution in [3.05, 3.63) is 46.7 Å². The summed E-state index contributed by atoms with van der Waals surface area (Å²) in [6, 6.07) is 9.24. The molecule has 1 N–H and O–H groups in total. The molecule has 0 aliphatic heterocycles. The lowest BCUT2D eigenvalue weighted by Gasteiger charge is -2.14. The highest BCUT2D eigenvalue weighted by Crippen LogP contribution is 2.15. The summed E-state index contributed by atoms with van der Waals surface area (Å²) in [6.45, 7) is 0.384. The summed E-state index contributed by atoms with van der Waals surface area (Å²) < 4.78 is 2.56. The van der Waals surface area contributed by atoms with E-state index in [1.807, 2.05) is 24.3 Å². The average molecular weight is 366 g/mol. The van der Waals surface area contributed by atoms with E-state index in [1.165, 1.54) is 4.90 Å². The van der Waals surface area contributed by atoms with Crippen molar-refractivity contribution in [2.24, 2.45) is 0 Å². The fraction of sp³-hybridized carbons (Fsp3) is 0.267. The van der Waals surface area contributed by atoms with Crippen molar-refractivity contribution in [3.63, 3.8) is 0 Å². The number of carboxylic acid groups (broad SMARTS) is 1. The molecule has 22 heavy (non-hydrogen) atoms. The van der Waals surface area contributed by atoms with Gasteiger partial charge >= 0.3 is 5.97 Å². The Morgan fingerprint density at radius 1 is 1.36 bits per heavy atom. The molecular formula is C15H16BrN3O3. The zero-order chi connectivity index (χ0) is 16.1. The fourth-order valence-electron chi connectivity index (χ4n) is 1.96. The second kappa shape index (κ2) is 7.22. The van der Waals surface area contributed by atoms with Crippen LogP contribution in [0.15, 0.2) is 41.0 Å². The number of benzene rings is 1. The van der Waals surface area contributed by atoms with Gasteiger partial charge in [0.15, 0.2) is 5.69 Å². The minimum atomic E-state index is -0.861. The van der Waals surface area contributed by atoms with Gasteiger partial charge in [0, 0.05) is 30.7 Å². The van der Waals surface area contributed by atoms with Crippen LogP contribution < -0.4 is 0 Å². The number of carboxylic acids is 1. The topological polar surface area (TPSA) is 75.4 Å². The molecule has 0 saturated heterocycles. The number of carbonyl (C=O) groups is 2. The summed E-state index contributed by atoms with van der Waals surface area (Å²) in [5.41, 5.74) is 1.18. The van der Waals surface area contributed by atoms with Crippen LogP contribution in [0.1, 0.15) is 23.3 Å². The maximum absolute atomic E-state index is 12.2. The monoisotopic (exact) mass is 365 g/mol. The number of amides is 1. The lowest BCUT2D eigenvalue weighted by molar-refractivity contribution is -0.137. The number of aliphatic carboxylic acids is 1. The van der Waals surface area contributed by atoms with Gasteiger partial charge in [-0.05, 0) is 30.7 Å². The Balaban J connectivity index is 2.04. The maximum atomic E-state index is 12.2. The molecule has 2 aromatic rings. The van der Waals surface area contributed by atoms with Crippen LogP contribution in [-0.4, -0.2) is 45.3 Å². The van der Waals surface area contributed by atoms with Gasteiger partial charge in [-0.1, -0.05) is 22.0 Å². The van der Waals surface area contributed by atoms with E-state index in [1.54, 1.807) is 24.0 Å². The minimum Gasteiger partial charge on any atom is -0.481 e. The van der Waals surface area contributed by atoms with Crippen molar-refractivity contribution in [3.8, 4) is 5.69 Å². The summed E-state index contributed by atoms with van der Waals surface area (Å²) in [7, 11) is 1.64. The Kier molecular flexibility index (Phi) is 5.32. The maximum Gasteiger partial charge on any atom is 0.303 e. The SMILES string of the molecule is CN(CCCC(=O)O)C(=O)c1ccn(-c2cccc(Br)c2)n1. The first-order chi connectivity index (χ1) is 10.5. The van der Waals surface area contributed by atoms with Crippen molar-refractivity contribution in [2.45, 2.75) is 12.8 Å². The van der Waals surface area contributed by atoms with Gasteiger partial charge in [-0.15, -0.1) is 0 Å². The van der Waals surface area contributed by atoms with Crippen molar-refractivity contribution in [2.75, 3.05) is 13.6 Å². The second-order valence-corrected chi connectivity index (χ2v) is 5.77. The number of halogens is 1. The Morgan fingerprint density at radius 3 is 2.82 bits per heavy atom. The van der Waals surface area contributed by atoms with Gasteiger partial charge < -0.3 is 10.0 Å². The number of carbonyl (C=O) groups excluding carboxylic acids is 1. The van der Waals surface area contributed by atoms with Crippen molar-refractivity contribution < 1.29 is 14.7 Å². The zero-order valence-corrected chi connectivity index (χ0v) is 13.7. The van der Waals surface area contributed by atoms with Crippen LogP contribution in [0.5, 0.6) is 0 Å². The Labute approximate surface area is 136 Å². The second-order valence-electron chi connectivity index (χ2n) is 4.85. The summed E-state index contributed by atoms with van der Waals surface area (Å²) in [5.74, 6) is -1.08. The van der Waals surface area contributed by atoms with E-state index in [4.69, 9.17) is 5.11 Å². The van der Waals surface area contributed by atoms with Crippen LogP contribution in [0.3, 0.4) is 0 Å². The highest BCUT2D eigenvalue weighted by molar-refractivity contribution is 9.10. The van der Waals surface area contributed by atoms with E-state index in [-0.39, 0.29) is 12.3 Å². The quantitative estimate of drug-likeness (QED) is 0.853. The van der Waals surface area contributed by atoms with Gasteiger partial charge in [-0.3, -0.25) is 9.59 Å². The molecule has 1 heterocycles. The molecule has 0 spiro atoms. The first-order valence-electron chi connectivity index (χ1n) is 6.76. The van der Waals surface area contributed by atoms with Crippen molar-refractivity contribution >= 4 is 27.8 Å². The molecule has 0 aliphatic carbocycles. The zero-order valence-electron chi connectivity index (χ0n) is 12.1. The summed E-state index contributed by atoms with van der Waals surface area (Å²) in [5, 5.41) is 12.9. The number of nitrogens with zero attached hydrogens (tertiary/aromatic N) is 3. The van der Waals surface area contributed by atoms with Crippen LogP contribution in [0.2, 0.25) is 0 Å². The van der Waals surface area contributed by atoms with E-state index in [0.29, 0.717) is 18.7 Å². The van der Waals surface area contributed by atoms with Gasteiger partial charge in [0.05, 0.1) is 5.69 Å². The number of rotatable bonds is 6. The third-order valence-corrected chi connectivity index (χ3v) is 3.61. The number of aromatic nitrogens is 2. The lowest BCUT2D eigenvalue weighted by atomic mass is 10.3. The van der Waals surface area contributed by atoms with Crippen LogP contribution in [-0.2, 0) is 4.79 Å². The average Bonchev–Trinajstić information content (AvgIpc) is 2.95. The molecule has 0 aliphatic rings. The molecule has 0 bridgehead atoms. The predicted octanol–water partition coefficient (Wildman–Crippen LogP) is 2.57. The van der Waals surface area contributed by atoms with E-state index >= 15 is 0 Å². The molecule has 2 rings (SSSR count). The molecule has 1 amide bonds. The third-order valence-electron chi connectivity index (χ3n) is 3.11. The molecule has 116 valence electrons. The highest BCUT2D eigenvalue weighted by atomic mass is 79.9. The molecule has 1 aromatic heterocycles. The first kappa shape index (κ1) is 16.2. The largest absolute Gasteiger partial charge is 0.481 e. The molecule has 0 saturated carbocycles. The Bertz CT molecular complexity index is 684. The normalized spacial score (nSPS) is 10.5. The smallest absolute Gasteiger partial charge is 0.303 e. The van der Waals surface area contributed by atoms with Gasteiger partial charge in [0.2, 0.25) is 0 Å². The lowest BCUT2D eigenvalue weighted by Crippen LogP contribution is -2.28. The van der Waals surface area contributed by atoms with Crippen LogP contribution in [0, 0.1) is 0 Å². The Morgan fingerprint density at radius 2 is 2.14 bits per heavy atom. The van der Waals surface area contributed by atoms with Crippen molar-refractivity contribution in [1.29, 1.82) is 0 Å². The molecule has 0 atom stereocenters. The number of hydrogen-bond donors (Lipinski definition) is 1. The van der Waals surface area contributed by atoms with Gasteiger partial charge in [-0.25, -0.2) is 4.68 Å². The van der Waals surface area contributed by atoms with E-state index < -0.39 is 5.97 Å². The molecule has 1 aromatic carbocycles. The van der Waals surface area contributed by atoms with Gasteiger partial charge in [0.25, 0.3) is 5.91 Å². The minimum absolute atomic E-state index is 0.0457. The summed E-state index contributed by atoms with van der Waals surface area (Å²) in [4.78, 5) is 24.2. The van der Waals surface area contributed by atoms with E-state index in [2.05, 4.69) is 21.0 Å². The number of hydrogen-bond acceptors (Lipinski definition) is 3. The third kappa shape index (κ3) is 4.17. The molecule has 0 radical (unpaired) electrons. The van der Waals surface area contributed by atoms with Crippen LogP contribution >= 0.6 is 15.9 Å². The van der Waals surface area contributed by atoms with Gasteiger partial charge in [0.1, 0.15) is 0 Å². The van der Waals surface area contributed by atoms with E-state index in [0.717, 1.165) is 10.2 Å². The summed E-state index contributed by atoms with van der Waals surface area (Å²) >= 11 is 3.39. The standard InChI is InChI=1S/C15H16BrN3O3/c1-18(8-3-6-14(20)21)15(22)13-7-9-19(17-13)12-5-2-4-11(16)10-12/h2,4-5,7,9-10H,3,6,8H2,1H3,(H,20,21). The fourth-order valence-corrected chi connectivity index (χ4v) is 2.35. The Hall–Kier alpha value is -2.15. The van der Waals surface area contributed by atoms with Crippen LogP contribution in [0.4, 0.5) is 0 Å². The van der Waals surface area contributed by atoms with Crippen LogP contribution in [0.25, 0.3) is 5.69 Å². The molecule has 6 nitrogen and oxygen atoms in total. The molecule has 0 fully saturated rings. The molecule has 7 heteroatoms. The van der Waals surface area contributed by atoms with E-state index in [9.17, 15) is 9.59 Å². The predicted molar refractivity (Wildman–Crippen MR) is 85.1 cm³/mol. The summed E-state index contributed by atoms with van der Waals surface area (Å²) in [6.07, 6.45) is 2.19. The van der Waals surface area contributed by atoms with Crippen molar-refractivity contribution in [1.82, 2.24) is 14.7 Å². The van der Waals surface area contributed by atoms with Gasteiger partial charge in [-0.2, -0.15) is 5.10 Å². The molecular weight excluding hydrogens is 350 g/mol. The first-order valence-corrected chi connectivity index (χ1v) is 7.55. The molecule has 0 unspecified atom stereocenters.